The number of rotatable bonds is 7. The third-order valence-electron chi connectivity index (χ3n) is 18.3. The van der Waals surface area contributed by atoms with Crippen LogP contribution in [0.5, 0.6) is 0 Å². The van der Waals surface area contributed by atoms with Crippen LogP contribution in [0, 0.1) is 11.3 Å². The molecule has 2 aromatic heterocycles. The van der Waals surface area contributed by atoms with Crippen LogP contribution in [0.15, 0.2) is 273 Å². The molecule has 5 nitrogen and oxygen atoms in total. The molecule has 2 aliphatic rings. The molecule has 0 saturated heterocycles. The van der Waals surface area contributed by atoms with Gasteiger partial charge in [-0.1, -0.05) is 228 Å². The van der Waals surface area contributed by atoms with Crippen molar-refractivity contribution < 1.29 is 0 Å². The van der Waals surface area contributed by atoms with Gasteiger partial charge in [-0.25, -0.2) is 0 Å². The molecule has 0 fully saturated rings. The summed E-state index contributed by atoms with van der Waals surface area (Å²) in [5.74, 6) is 0. The topological polar surface area (TPSA) is 40.1 Å². The van der Waals surface area contributed by atoms with Crippen LogP contribution >= 0.6 is 0 Å². The third kappa shape index (κ3) is 7.07. The highest BCUT2D eigenvalue weighted by Gasteiger charge is 2.39. The van der Waals surface area contributed by atoms with E-state index >= 15 is 0 Å². The molecule has 12 aromatic carbocycles. The summed E-state index contributed by atoms with van der Waals surface area (Å²) in [6.45, 7) is 9.33. The van der Waals surface area contributed by atoms with Crippen LogP contribution < -0.4 is 9.80 Å². The van der Waals surface area contributed by atoms with Crippen molar-refractivity contribution in [2.45, 2.75) is 38.5 Å². The van der Waals surface area contributed by atoms with Crippen LogP contribution in [0.2, 0.25) is 0 Å². The molecule has 0 unspecified atom stereocenters. The van der Waals surface area contributed by atoms with Crippen molar-refractivity contribution in [1.82, 2.24) is 9.13 Å². The van der Waals surface area contributed by atoms with E-state index in [0.717, 1.165) is 122 Å². The lowest BCUT2D eigenvalue weighted by molar-refractivity contribution is 0.632. The summed E-state index contributed by atoms with van der Waals surface area (Å²) < 4.78 is 4.93. The van der Waals surface area contributed by atoms with Gasteiger partial charge in [-0.2, -0.15) is 5.26 Å². The molecular weight excluding hydrogens is 1020 g/mol. The highest BCUT2D eigenvalue weighted by Crippen LogP contribution is 2.57. The van der Waals surface area contributed by atoms with Crippen molar-refractivity contribution in [2.75, 3.05) is 9.80 Å². The number of hydrogen-bond acceptors (Lipinski definition) is 3. The number of fused-ring (bicyclic) bond motifs is 10. The predicted molar refractivity (Wildman–Crippen MR) is 350 cm³/mol. The van der Waals surface area contributed by atoms with Crippen LogP contribution in [-0.2, 0) is 10.8 Å². The highest BCUT2D eigenvalue weighted by atomic mass is 15.2. The van der Waals surface area contributed by atoms with Gasteiger partial charge in [-0.3, -0.25) is 0 Å². The minimum atomic E-state index is -0.246. The smallest absolute Gasteiger partial charge is 0.101 e. The molecule has 4 heterocycles. The second-order valence-corrected chi connectivity index (χ2v) is 23.5. The van der Waals surface area contributed by atoms with Gasteiger partial charge < -0.3 is 18.9 Å². The summed E-state index contributed by atoms with van der Waals surface area (Å²) in [4.78, 5) is 4.85. The van der Waals surface area contributed by atoms with Gasteiger partial charge in [0.25, 0.3) is 0 Å². The fourth-order valence-corrected chi connectivity index (χ4v) is 14.5. The van der Waals surface area contributed by atoms with Crippen molar-refractivity contribution in [2.24, 2.45) is 0 Å². The Kier molecular flexibility index (Phi) is 10.9. The Hall–Kier alpha value is -10.7. The molecule has 0 bridgehead atoms. The second-order valence-electron chi connectivity index (χ2n) is 23.5. The number of aromatic nitrogens is 2. The molecule has 5 heteroatoms. The third-order valence-corrected chi connectivity index (χ3v) is 18.3. The number of hydrogen-bond donors (Lipinski definition) is 0. The molecule has 0 spiro atoms. The molecule has 0 saturated carbocycles. The van der Waals surface area contributed by atoms with Crippen LogP contribution in [-0.4, -0.2) is 9.13 Å². The van der Waals surface area contributed by atoms with Gasteiger partial charge in [-0.15, -0.1) is 0 Å². The van der Waals surface area contributed by atoms with Gasteiger partial charge in [0, 0.05) is 60.4 Å². The van der Waals surface area contributed by atoms with Gasteiger partial charge in [0.15, 0.2) is 0 Å². The Bertz CT molecular complexity index is 4570. The normalized spacial score (nSPS) is 13.8. The van der Waals surface area contributed by atoms with E-state index in [0.29, 0.717) is 5.56 Å². The minimum Gasteiger partial charge on any atom is -0.310 e. The fourth-order valence-electron chi connectivity index (χ4n) is 14.5. The predicted octanol–water partition coefficient (Wildman–Crippen LogP) is 21.0. The SMILES string of the molecule is CC1(C)c2ccccc2N(c2cccc(-c3c(C#N)c(-c4cccc(N5c6ccccc6C(C)(C)c6ccccc65)c4)c(-n4c5ccccc5c5ccccc54)c(-c4ccccc4)c3-n3c4ccccc4c4ccccc43)c2)c2ccccc21. The maximum Gasteiger partial charge on any atom is 0.101 e. The average Bonchev–Trinajstić information content (AvgIpc) is 1.34. The lowest BCUT2D eigenvalue weighted by atomic mass is 9.73. The van der Waals surface area contributed by atoms with E-state index in [4.69, 9.17) is 0 Å². The van der Waals surface area contributed by atoms with E-state index in [1.54, 1.807) is 0 Å². The molecule has 0 radical (unpaired) electrons. The van der Waals surface area contributed by atoms with E-state index in [-0.39, 0.29) is 10.8 Å². The number of benzene rings is 12. The maximum atomic E-state index is 12.9. The molecular formula is C79H57N5. The number of anilines is 6. The monoisotopic (exact) mass is 1080 g/mol. The van der Waals surface area contributed by atoms with Gasteiger partial charge in [0.1, 0.15) is 6.07 Å². The van der Waals surface area contributed by atoms with Crippen molar-refractivity contribution in [3.05, 3.63) is 301 Å². The zero-order valence-corrected chi connectivity index (χ0v) is 47.2. The molecule has 0 aliphatic carbocycles. The number of para-hydroxylation sites is 8. The summed E-state index contributed by atoms with van der Waals surface area (Å²) in [5, 5.41) is 17.4. The van der Waals surface area contributed by atoms with Crippen LogP contribution in [0.25, 0.3) is 88.4 Å². The van der Waals surface area contributed by atoms with Crippen LogP contribution in [0.4, 0.5) is 34.1 Å². The van der Waals surface area contributed by atoms with Gasteiger partial charge in [0.05, 0.1) is 61.8 Å². The molecule has 14 aromatic rings. The molecule has 0 amide bonds. The van der Waals surface area contributed by atoms with E-state index in [1.165, 1.54) is 22.3 Å². The zero-order valence-electron chi connectivity index (χ0n) is 47.2. The largest absolute Gasteiger partial charge is 0.310 e. The Morgan fingerprint density at radius 1 is 0.298 bits per heavy atom. The molecule has 2 aliphatic heterocycles. The number of nitriles is 1. The standard InChI is InChI=1S/C79H57N5/c1-78(2)61-36-12-20-44-69(61)81(70-45-21-13-37-62(70)78)54-30-24-28-52(48-54)73-60(50-80)74(53-29-25-31-55(49-53)82-71-46-22-14-38-63(71)79(3,4)64-39-15-23-47-72(64)82)77(84-67-42-18-10-34-58(67)59-35-11-19-43-68(59)84)75(51-26-6-5-7-27-51)76(73)83-65-40-16-8-32-56(65)57-33-9-17-41-66(57)83/h5-49H,1-4H3. The van der Waals surface area contributed by atoms with Gasteiger partial charge >= 0.3 is 0 Å². The molecule has 16 rings (SSSR count). The Labute approximate surface area is 489 Å². The fraction of sp³-hybridized carbons (Fsp3) is 0.0759. The lowest BCUT2D eigenvalue weighted by Crippen LogP contribution is -2.30. The first-order chi connectivity index (χ1) is 41.2. The van der Waals surface area contributed by atoms with E-state index in [9.17, 15) is 5.26 Å². The van der Waals surface area contributed by atoms with Crippen molar-refractivity contribution in [3.63, 3.8) is 0 Å². The zero-order chi connectivity index (χ0) is 56.4. The molecule has 398 valence electrons. The van der Waals surface area contributed by atoms with Gasteiger partial charge in [0.2, 0.25) is 0 Å². The quantitative estimate of drug-likeness (QED) is 0.160. The Morgan fingerprint density at radius 2 is 0.595 bits per heavy atom. The summed E-state index contributed by atoms with van der Waals surface area (Å²) in [7, 11) is 0. The first kappa shape index (κ1) is 49.2. The summed E-state index contributed by atoms with van der Waals surface area (Å²) in [6, 6.07) is 102. The average molecular weight is 1080 g/mol. The lowest BCUT2D eigenvalue weighted by Gasteiger charge is -2.42. The maximum absolute atomic E-state index is 12.9. The number of nitrogens with zero attached hydrogens (tertiary/aromatic N) is 5. The molecule has 84 heavy (non-hydrogen) atoms. The van der Waals surface area contributed by atoms with Crippen LogP contribution in [0.1, 0.15) is 55.5 Å². The van der Waals surface area contributed by atoms with Crippen molar-refractivity contribution in [3.8, 4) is 50.8 Å². The van der Waals surface area contributed by atoms with E-state index in [2.05, 4.69) is 326 Å². The van der Waals surface area contributed by atoms with Crippen molar-refractivity contribution >= 4 is 77.7 Å². The van der Waals surface area contributed by atoms with E-state index < -0.39 is 0 Å². The van der Waals surface area contributed by atoms with Gasteiger partial charge in [-0.05, 0) is 112 Å². The highest BCUT2D eigenvalue weighted by molar-refractivity contribution is 6.15. The first-order valence-electron chi connectivity index (χ1n) is 29.1. The van der Waals surface area contributed by atoms with Crippen LogP contribution in [0.3, 0.4) is 0 Å². The second kappa shape index (κ2) is 18.7. The minimum absolute atomic E-state index is 0.246. The summed E-state index contributed by atoms with van der Waals surface area (Å²) in [6.07, 6.45) is 0. The van der Waals surface area contributed by atoms with Crippen molar-refractivity contribution in [1.29, 1.82) is 5.26 Å². The van der Waals surface area contributed by atoms with E-state index in [1.807, 2.05) is 0 Å². The Morgan fingerprint density at radius 3 is 0.940 bits per heavy atom. The Balaban J connectivity index is 1.10. The molecule has 0 atom stereocenters. The summed E-state index contributed by atoms with van der Waals surface area (Å²) in [5.41, 5.74) is 23.2. The molecule has 0 N–H and O–H groups in total. The first-order valence-corrected chi connectivity index (χ1v) is 29.1. The summed E-state index contributed by atoms with van der Waals surface area (Å²) >= 11 is 0.